The van der Waals surface area contributed by atoms with Crippen LogP contribution in [0.3, 0.4) is 0 Å². The Bertz CT molecular complexity index is 628. The van der Waals surface area contributed by atoms with Gasteiger partial charge in [-0.15, -0.1) is 0 Å². The molecule has 1 aliphatic rings. The molecule has 3 heteroatoms. The van der Waals surface area contributed by atoms with E-state index in [1.165, 1.54) is 5.56 Å². The lowest BCUT2D eigenvalue weighted by molar-refractivity contribution is 0.334. The Labute approximate surface area is 118 Å². The molecule has 0 amide bonds. The molecule has 1 aliphatic heterocycles. The molecule has 1 heterocycles. The summed E-state index contributed by atoms with van der Waals surface area (Å²) in [5.41, 5.74) is 3.41. The van der Waals surface area contributed by atoms with E-state index in [1.54, 1.807) is 0 Å². The zero-order chi connectivity index (χ0) is 13.8. The maximum atomic E-state index is 8.65. The molecule has 2 aromatic carbocycles. The molecule has 20 heavy (non-hydrogen) atoms. The van der Waals surface area contributed by atoms with Crippen molar-refractivity contribution in [3.05, 3.63) is 59.7 Å². The zero-order valence-electron chi connectivity index (χ0n) is 11.2. The Kier molecular flexibility index (Phi) is 3.56. The van der Waals surface area contributed by atoms with Crippen LogP contribution >= 0.6 is 0 Å². The van der Waals surface area contributed by atoms with Crippen LogP contribution in [0.15, 0.2) is 48.5 Å². The summed E-state index contributed by atoms with van der Waals surface area (Å²) in [6.07, 6.45) is 0.462. The molecule has 0 saturated heterocycles. The molecule has 0 saturated carbocycles. The van der Waals surface area contributed by atoms with E-state index in [2.05, 4.69) is 23.5 Å². The van der Waals surface area contributed by atoms with Crippen LogP contribution < -0.4 is 10.1 Å². The number of ether oxygens (including phenoxy) is 1. The van der Waals surface area contributed by atoms with Crippen LogP contribution in [0.5, 0.6) is 5.75 Å². The molecule has 0 radical (unpaired) electrons. The number of nitriles is 1. The van der Waals surface area contributed by atoms with Crippen LogP contribution in [-0.4, -0.2) is 13.2 Å². The molecule has 0 aromatic heterocycles. The average molecular weight is 264 g/mol. The molecule has 3 nitrogen and oxygen atoms in total. The van der Waals surface area contributed by atoms with Crippen LogP contribution in [0.1, 0.15) is 17.0 Å². The van der Waals surface area contributed by atoms with Crippen molar-refractivity contribution in [3.63, 3.8) is 0 Å². The van der Waals surface area contributed by atoms with Gasteiger partial charge in [-0.05, 0) is 23.8 Å². The van der Waals surface area contributed by atoms with E-state index in [0.717, 1.165) is 30.2 Å². The Morgan fingerprint density at radius 3 is 2.75 bits per heavy atom. The first kappa shape index (κ1) is 12.6. The summed E-state index contributed by atoms with van der Waals surface area (Å²) in [4.78, 5) is 0. The maximum Gasteiger partial charge on any atom is 0.122 e. The first-order valence-electron chi connectivity index (χ1n) is 6.78. The van der Waals surface area contributed by atoms with Crippen molar-refractivity contribution in [2.45, 2.75) is 12.3 Å². The van der Waals surface area contributed by atoms with E-state index in [-0.39, 0.29) is 0 Å². The largest absolute Gasteiger partial charge is 0.493 e. The van der Waals surface area contributed by atoms with E-state index in [4.69, 9.17) is 10.00 Å². The van der Waals surface area contributed by atoms with Crippen LogP contribution in [0.2, 0.25) is 0 Å². The highest BCUT2D eigenvalue weighted by molar-refractivity contribution is 5.47. The van der Waals surface area contributed by atoms with E-state index in [1.807, 2.05) is 36.4 Å². The van der Waals surface area contributed by atoms with E-state index >= 15 is 0 Å². The Hall–Kier alpha value is -2.47. The van der Waals surface area contributed by atoms with Crippen molar-refractivity contribution in [1.82, 2.24) is 0 Å². The fraction of sp³-hybridized carbons (Fsp3) is 0.235. The predicted octanol–water partition coefficient (Wildman–Crippen LogP) is 3.34. The van der Waals surface area contributed by atoms with Crippen molar-refractivity contribution in [3.8, 4) is 11.8 Å². The van der Waals surface area contributed by atoms with Gasteiger partial charge in [-0.25, -0.2) is 0 Å². The molecule has 3 rings (SSSR count). The number of rotatable bonds is 4. The van der Waals surface area contributed by atoms with Gasteiger partial charge in [0.2, 0.25) is 0 Å². The number of anilines is 1. The lowest BCUT2D eigenvalue weighted by atomic mass is 10.0. The van der Waals surface area contributed by atoms with E-state index < -0.39 is 0 Å². The van der Waals surface area contributed by atoms with Crippen LogP contribution in [0, 0.1) is 11.3 Å². The number of nitrogens with zero attached hydrogens (tertiary/aromatic N) is 1. The number of nitrogens with one attached hydrogen (secondary N) is 1. The Morgan fingerprint density at radius 1 is 1.15 bits per heavy atom. The van der Waals surface area contributed by atoms with E-state index in [9.17, 15) is 0 Å². The SMILES string of the molecule is N#CCc1ccc(NCC2COc3ccccc32)cc1. The summed E-state index contributed by atoms with van der Waals surface area (Å²) >= 11 is 0. The topological polar surface area (TPSA) is 45.0 Å². The summed E-state index contributed by atoms with van der Waals surface area (Å²) in [5.74, 6) is 1.40. The van der Waals surface area contributed by atoms with Gasteiger partial charge >= 0.3 is 0 Å². The summed E-state index contributed by atoms with van der Waals surface area (Å²) in [5, 5.41) is 12.1. The van der Waals surface area contributed by atoms with Gasteiger partial charge < -0.3 is 10.1 Å². The monoisotopic (exact) mass is 264 g/mol. The van der Waals surface area contributed by atoms with Gasteiger partial charge in [-0.1, -0.05) is 30.3 Å². The van der Waals surface area contributed by atoms with Gasteiger partial charge in [0.25, 0.3) is 0 Å². The first-order chi connectivity index (χ1) is 9.86. The number of fused-ring (bicyclic) bond motifs is 1. The van der Waals surface area contributed by atoms with Crippen LogP contribution in [-0.2, 0) is 6.42 Å². The van der Waals surface area contributed by atoms with Gasteiger partial charge in [0.15, 0.2) is 0 Å². The lowest BCUT2D eigenvalue weighted by Crippen LogP contribution is -2.13. The summed E-state index contributed by atoms with van der Waals surface area (Å²) in [6.45, 7) is 1.59. The maximum absolute atomic E-state index is 8.65. The van der Waals surface area contributed by atoms with Gasteiger partial charge in [0.05, 0.1) is 19.1 Å². The Balaban J connectivity index is 1.62. The molecule has 100 valence electrons. The normalized spacial score (nSPS) is 16.1. The van der Waals surface area contributed by atoms with Gasteiger partial charge in [-0.3, -0.25) is 0 Å². The van der Waals surface area contributed by atoms with Gasteiger partial charge in [-0.2, -0.15) is 5.26 Å². The third kappa shape index (κ3) is 2.60. The highest BCUT2D eigenvalue weighted by Crippen LogP contribution is 2.33. The fourth-order valence-electron chi connectivity index (χ4n) is 2.47. The predicted molar refractivity (Wildman–Crippen MR) is 78.9 cm³/mol. The highest BCUT2D eigenvalue weighted by Gasteiger charge is 2.22. The molecular weight excluding hydrogens is 248 g/mol. The molecule has 1 atom stereocenters. The van der Waals surface area contributed by atoms with Crippen molar-refractivity contribution in [1.29, 1.82) is 5.26 Å². The highest BCUT2D eigenvalue weighted by atomic mass is 16.5. The van der Waals surface area contributed by atoms with Gasteiger partial charge in [0.1, 0.15) is 5.75 Å². The first-order valence-corrected chi connectivity index (χ1v) is 6.78. The standard InChI is InChI=1S/C17H16N2O/c18-10-9-13-5-7-15(8-6-13)19-11-14-12-20-17-4-2-1-3-16(14)17/h1-8,14,19H,9,11-12H2. The van der Waals surface area contributed by atoms with Crippen LogP contribution in [0.4, 0.5) is 5.69 Å². The molecule has 0 spiro atoms. The zero-order valence-corrected chi connectivity index (χ0v) is 11.2. The summed E-state index contributed by atoms with van der Waals surface area (Å²) in [6, 6.07) is 18.4. The minimum atomic E-state index is 0.394. The van der Waals surface area contributed by atoms with Crippen molar-refractivity contribution in [2.75, 3.05) is 18.5 Å². The minimum Gasteiger partial charge on any atom is -0.493 e. The third-order valence-electron chi connectivity index (χ3n) is 3.59. The second kappa shape index (κ2) is 5.66. The molecule has 2 aromatic rings. The fourth-order valence-corrected chi connectivity index (χ4v) is 2.47. The van der Waals surface area contributed by atoms with Crippen molar-refractivity contribution >= 4 is 5.69 Å². The number of para-hydroxylation sites is 1. The number of hydrogen-bond donors (Lipinski definition) is 1. The van der Waals surface area contributed by atoms with Gasteiger partial charge in [0, 0.05) is 23.7 Å². The van der Waals surface area contributed by atoms with Crippen molar-refractivity contribution in [2.24, 2.45) is 0 Å². The minimum absolute atomic E-state index is 0.394. The summed E-state index contributed by atoms with van der Waals surface area (Å²) < 4.78 is 5.67. The summed E-state index contributed by atoms with van der Waals surface area (Å²) in [7, 11) is 0. The number of hydrogen-bond acceptors (Lipinski definition) is 3. The quantitative estimate of drug-likeness (QED) is 0.921. The molecule has 0 fully saturated rings. The average Bonchev–Trinajstić information content (AvgIpc) is 2.90. The molecule has 0 bridgehead atoms. The molecular formula is C17H16N2O. The lowest BCUT2D eigenvalue weighted by Gasteiger charge is -2.12. The smallest absolute Gasteiger partial charge is 0.122 e. The molecule has 1 unspecified atom stereocenters. The molecule has 1 N–H and O–H groups in total. The Morgan fingerprint density at radius 2 is 1.95 bits per heavy atom. The van der Waals surface area contributed by atoms with E-state index in [0.29, 0.717) is 12.3 Å². The second-order valence-electron chi connectivity index (χ2n) is 4.96. The van der Waals surface area contributed by atoms with Crippen LogP contribution in [0.25, 0.3) is 0 Å². The van der Waals surface area contributed by atoms with Crippen molar-refractivity contribution < 1.29 is 4.74 Å². The third-order valence-corrected chi connectivity index (χ3v) is 3.59. The molecule has 0 aliphatic carbocycles. The number of benzene rings is 2. The second-order valence-corrected chi connectivity index (χ2v) is 4.96.